The number of benzene rings is 1. The fourth-order valence-corrected chi connectivity index (χ4v) is 1.88. The van der Waals surface area contributed by atoms with E-state index in [4.69, 9.17) is 9.84 Å². The van der Waals surface area contributed by atoms with E-state index in [9.17, 15) is 9.59 Å². The van der Waals surface area contributed by atoms with E-state index in [2.05, 4.69) is 26.6 Å². The van der Waals surface area contributed by atoms with Gasteiger partial charge in [-0.1, -0.05) is 15.9 Å². The molecule has 2 amide bonds. The molecular weight excluding hydrogens is 328 g/mol. The van der Waals surface area contributed by atoms with E-state index in [1.807, 2.05) is 18.2 Å². The molecule has 0 radical (unpaired) electrons. The summed E-state index contributed by atoms with van der Waals surface area (Å²) in [6, 6.07) is 5.17. The Morgan fingerprint density at radius 2 is 2.10 bits per heavy atom. The first kappa shape index (κ1) is 16.3. The Morgan fingerprint density at radius 1 is 1.35 bits per heavy atom. The maximum Gasteiger partial charge on any atom is 0.315 e. The van der Waals surface area contributed by atoms with Crippen LogP contribution < -0.4 is 15.4 Å². The number of ether oxygens (including phenoxy) is 1. The monoisotopic (exact) mass is 344 g/mol. The number of carbonyl (C=O) groups is 2. The number of hydrogen-bond acceptors (Lipinski definition) is 3. The standard InChI is InChI=1S/C13H17BrN2O4/c1-20-10-4-5-11(14)9(7-10)8-16-13(19)15-6-2-3-12(17)18/h4-5,7H,2-3,6,8H2,1H3,(H,17,18)(H2,15,16,19). The van der Waals surface area contributed by atoms with Crippen molar-refractivity contribution >= 4 is 27.9 Å². The van der Waals surface area contributed by atoms with Crippen LogP contribution in [0.5, 0.6) is 5.75 Å². The lowest BCUT2D eigenvalue weighted by Crippen LogP contribution is -2.35. The maximum absolute atomic E-state index is 11.5. The first-order valence-electron chi connectivity index (χ1n) is 6.09. The quantitative estimate of drug-likeness (QED) is 0.661. The van der Waals surface area contributed by atoms with E-state index in [0.29, 0.717) is 25.3 Å². The van der Waals surface area contributed by atoms with Crippen LogP contribution in [0, 0.1) is 0 Å². The second-order valence-electron chi connectivity index (χ2n) is 4.06. The van der Waals surface area contributed by atoms with Crippen LogP contribution in [-0.2, 0) is 11.3 Å². The van der Waals surface area contributed by atoms with Crippen LogP contribution in [0.3, 0.4) is 0 Å². The average molecular weight is 345 g/mol. The van der Waals surface area contributed by atoms with Gasteiger partial charge in [-0.3, -0.25) is 4.79 Å². The van der Waals surface area contributed by atoms with Gasteiger partial charge in [-0.05, 0) is 30.2 Å². The number of rotatable bonds is 7. The fourth-order valence-electron chi connectivity index (χ4n) is 1.49. The van der Waals surface area contributed by atoms with Crippen LogP contribution >= 0.6 is 15.9 Å². The van der Waals surface area contributed by atoms with Crippen LogP contribution in [0.25, 0.3) is 0 Å². The van der Waals surface area contributed by atoms with Crippen molar-refractivity contribution in [1.82, 2.24) is 10.6 Å². The molecule has 0 saturated carbocycles. The van der Waals surface area contributed by atoms with Gasteiger partial charge < -0.3 is 20.5 Å². The van der Waals surface area contributed by atoms with Crippen molar-refractivity contribution in [3.63, 3.8) is 0 Å². The predicted molar refractivity (Wildman–Crippen MR) is 77.8 cm³/mol. The van der Waals surface area contributed by atoms with Gasteiger partial charge >= 0.3 is 12.0 Å². The van der Waals surface area contributed by atoms with Crippen molar-refractivity contribution < 1.29 is 19.4 Å². The molecule has 0 aromatic heterocycles. The van der Waals surface area contributed by atoms with E-state index in [-0.39, 0.29) is 12.5 Å². The molecule has 0 spiro atoms. The van der Waals surface area contributed by atoms with Gasteiger partial charge in [-0.25, -0.2) is 4.79 Å². The minimum atomic E-state index is -0.868. The Labute approximate surface area is 125 Å². The highest BCUT2D eigenvalue weighted by atomic mass is 79.9. The number of nitrogens with one attached hydrogen (secondary N) is 2. The lowest BCUT2D eigenvalue weighted by atomic mass is 10.2. The van der Waals surface area contributed by atoms with Crippen molar-refractivity contribution in [3.05, 3.63) is 28.2 Å². The molecule has 0 aliphatic carbocycles. The molecule has 6 nitrogen and oxygen atoms in total. The SMILES string of the molecule is COc1ccc(Br)c(CNC(=O)NCCCC(=O)O)c1. The minimum absolute atomic E-state index is 0.0434. The molecular formula is C13H17BrN2O4. The molecule has 20 heavy (non-hydrogen) atoms. The van der Waals surface area contributed by atoms with Gasteiger partial charge in [0.25, 0.3) is 0 Å². The first-order valence-corrected chi connectivity index (χ1v) is 6.88. The number of carbonyl (C=O) groups excluding carboxylic acids is 1. The van der Waals surface area contributed by atoms with Gasteiger partial charge in [0.1, 0.15) is 5.75 Å². The number of methoxy groups -OCH3 is 1. The zero-order chi connectivity index (χ0) is 15.0. The van der Waals surface area contributed by atoms with Gasteiger partial charge in [0.15, 0.2) is 0 Å². The lowest BCUT2D eigenvalue weighted by Gasteiger charge is -2.10. The summed E-state index contributed by atoms with van der Waals surface area (Å²) in [6.07, 6.45) is 0.452. The Balaban J connectivity index is 2.35. The molecule has 1 rings (SSSR count). The van der Waals surface area contributed by atoms with Crippen LogP contribution in [0.2, 0.25) is 0 Å². The molecule has 0 saturated heterocycles. The maximum atomic E-state index is 11.5. The van der Waals surface area contributed by atoms with E-state index >= 15 is 0 Å². The number of halogens is 1. The number of amides is 2. The molecule has 0 heterocycles. The summed E-state index contributed by atoms with van der Waals surface area (Å²) in [7, 11) is 1.58. The summed E-state index contributed by atoms with van der Waals surface area (Å²) in [6.45, 7) is 0.681. The highest BCUT2D eigenvalue weighted by molar-refractivity contribution is 9.10. The van der Waals surface area contributed by atoms with Crippen molar-refractivity contribution in [2.24, 2.45) is 0 Å². The Hall–Kier alpha value is -1.76. The molecule has 0 aliphatic rings. The molecule has 0 unspecified atom stereocenters. The van der Waals surface area contributed by atoms with E-state index in [0.717, 1.165) is 10.0 Å². The van der Waals surface area contributed by atoms with Crippen molar-refractivity contribution in [1.29, 1.82) is 0 Å². The van der Waals surface area contributed by atoms with E-state index in [1.165, 1.54) is 0 Å². The van der Waals surface area contributed by atoms with E-state index < -0.39 is 5.97 Å². The number of carboxylic acids is 1. The third-order valence-electron chi connectivity index (χ3n) is 2.55. The number of hydrogen-bond donors (Lipinski definition) is 3. The molecule has 0 bridgehead atoms. The summed E-state index contributed by atoms with van der Waals surface area (Å²) >= 11 is 3.40. The molecule has 7 heteroatoms. The molecule has 0 atom stereocenters. The van der Waals surface area contributed by atoms with Gasteiger partial charge in [0.05, 0.1) is 7.11 Å². The minimum Gasteiger partial charge on any atom is -0.497 e. The third-order valence-corrected chi connectivity index (χ3v) is 3.32. The first-order chi connectivity index (χ1) is 9.52. The molecule has 110 valence electrons. The normalized spacial score (nSPS) is 9.90. The van der Waals surface area contributed by atoms with Crippen molar-refractivity contribution in [2.45, 2.75) is 19.4 Å². The van der Waals surface area contributed by atoms with Gasteiger partial charge in [0.2, 0.25) is 0 Å². The highest BCUT2D eigenvalue weighted by Gasteiger charge is 2.05. The Morgan fingerprint density at radius 3 is 2.75 bits per heavy atom. The lowest BCUT2D eigenvalue weighted by molar-refractivity contribution is -0.137. The van der Waals surface area contributed by atoms with Crippen LogP contribution in [0.4, 0.5) is 4.79 Å². The topological polar surface area (TPSA) is 87.7 Å². The Kier molecular flexibility index (Phi) is 6.86. The second kappa shape index (κ2) is 8.42. The fraction of sp³-hybridized carbons (Fsp3) is 0.385. The third kappa shape index (κ3) is 5.92. The van der Waals surface area contributed by atoms with Gasteiger partial charge in [-0.2, -0.15) is 0 Å². The molecule has 1 aromatic rings. The summed E-state index contributed by atoms with van der Waals surface area (Å²) in [5.74, 6) is -0.153. The van der Waals surface area contributed by atoms with Crippen molar-refractivity contribution in [2.75, 3.05) is 13.7 Å². The van der Waals surface area contributed by atoms with Gasteiger partial charge in [0, 0.05) is 24.0 Å². The Bertz CT molecular complexity index is 479. The van der Waals surface area contributed by atoms with Crippen LogP contribution in [0.1, 0.15) is 18.4 Å². The molecule has 0 fully saturated rings. The number of aliphatic carboxylic acids is 1. The molecule has 3 N–H and O–H groups in total. The van der Waals surface area contributed by atoms with Crippen molar-refractivity contribution in [3.8, 4) is 5.75 Å². The number of urea groups is 1. The molecule has 0 aliphatic heterocycles. The average Bonchev–Trinajstić information content (AvgIpc) is 2.42. The number of carboxylic acid groups (broad SMARTS) is 1. The molecule has 1 aromatic carbocycles. The summed E-state index contributed by atoms with van der Waals surface area (Å²) in [4.78, 5) is 21.8. The summed E-state index contributed by atoms with van der Waals surface area (Å²) in [5.41, 5.74) is 0.894. The smallest absolute Gasteiger partial charge is 0.315 e. The summed E-state index contributed by atoms with van der Waals surface area (Å²) < 4.78 is 5.99. The zero-order valence-corrected chi connectivity index (χ0v) is 12.7. The predicted octanol–water partition coefficient (Wildman–Crippen LogP) is 2.12. The van der Waals surface area contributed by atoms with Crippen LogP contribution in [0.15, 0.2) is 22.7 Å². The zero-order valence-electron chi connectivity index (χ0n) is 11.1. The van der Waals surface area contributed by atoms with Gasteiger partial charge in [-0.15, -0.1) is 0 Å². The van der Waals surface area contributed by atoms with E-state index in [1.54, 1.807) is 7.11 Å². The highest BCUT2D eigenvalue weighted by Crippen LogP contribution is 2.22. The summed E-state index contributed by atoms with van der Waals surface area (Å²) in [5, 5.41) is 13.8. The van der Waals surface area contributed by atoms with Crippen LogP contribution in [-0.4, -0.2) is 30.8 Å². The largest absolute Gasteiger partial charge is 0.497 e. The second-order valence-corrected chi connectivity index (χ2v) is 4.92.